The molecular weight excluding hydrogens is 2080 g/mol. The van der Waals surface area contributed by atoms with Crippen molar-refractivity contribution in [1.29, 1.82) is 0 Å². The second-order valence-corrected chi connectivity index (χ2v) is 33.8. The number of nitrogens with zero attached hydrogens (tertiary/aromatic N) is 10. The Hall–Kier alpha value is -10.8. The van der Waals surface area contributed by atoms with Crippen LogP contribution in [0.1, 0.15) is 141 Å². The zero-order valence-electron chi connectivity index (χ0n) is 75.2. The number of alkyl halides is 10. The Morgan fingerprint density at radius 2 is 0.925 bits per heavy atom. The quantitative estimate of drug-likeness (QED) is 0.0103. The molecule has 0 bridgehead atoms. The first-order valence-corrected chi connectivity index (χ1v) is 45.2. The Kier molecular flexibility index (Phi) is 45.7. The maximum Gasteiger partial charge on any atom is 0.495 e. The van der Waals surface area contributed by atoms with Crippen LogP contribution in [0.15, 0.2) is 205 Å². The lowest BCUT2D eigenvalue weighted by Gasteiger charge is -2.32. The maximum atomic E-state index is 13.0. The topological polar surface area (TPSA) is 337 Å². The number of carboxylic acid groups (broad SMARTS) is 2. The van der Waals surface area contributed by atoms with Crippen molar-refractivity contribution >= 4 is 134 Å². The number of esters is 4. The third kappa shape index (κ3) is 37.9. The highest BCUT2D eigenvalue weighted by molar-refractivity contribution is 9.12. The zero-order chi connectivity index (χ0) is 99.3. The summed E-state index contributed by atoms with van der Waals surface area (Å²) in [6, 6.07) is 38.2. The van der Waals surface area contributed by atoms with Gasteiger partial charge in [-0.1, -0.05) is 143 Å². The Morgan fingerprint density at radius 3 is 1.33 bits per heavy atom. The van der Waals surface area contributed by atoms with E-state index >= 15 is 0 Å². The molecule has 0 spiro atoms. The lowest BCUT2D eigenvalue weighted by Crippen LogP contribution is -2.41. The molecule has 1 fully saturated rings. The summed E-state index contributed by atoms with van der Waals surface area (Å²) in [6.07, 6.45) is -2.22. The van der Waals surface area contributed by atoms with Gasteiger partial charge in [0.2, 0.25) is 0 Å². The fourth-order valence-electron chi connectivity index (χ4n) is 11.9. The standard InChI is InChI=1S/C20H22BF3O2.2C20H17F3N2O2.2C8H11BrN2O2.C8H13BrN2O2.C4H5BrN2.C4H7BrO2/c1-18(2)19(3,4)26-21(25-18)17-11-6-5-9-15(17)12-14-8-7-10-16(13-14)20(22,23)24;1-13-18(11-25(24-13)12-19(26)27)17-8-3-2-6-15(17)9-14-5-4-7-16(10-14)20(21,22)23;1-13-18(11-24-25(13)12-19(26)27)17-8-3-2-6-15(17)9-14-5-4-7-16(10-14)20(21,22)23;1-3-13-8(12)5-11-4-7(9)6(2)10-11;1-3-13-8(12)5-11-6(2)7(9)4-10-11;1-3-13-8(12)5-11-4-7(9)6(2)10;1-3-4(5)2-6-7-3;1-2-7-4(6)3-5/h5-11,13H,12H2,1-4H3;2*2-8,10-11H,9,12H2,1H3,(H,26,27);2*4H,3,5H2,1-2H3;4H,3,5,10H2,1-2H3;2H,1H3,(H,6,7);2-3H2,1H3. The summed E-state index contributed by atoms with van der Waals surface area (Å²) in [5.74, 6) is -3.07. The van der Waals surface area contributed by atoms with Gasteiger partial charge in [0.15, 0.2) is 0 Å². The molecule has 1 aliphatic rings. The lowest BCUT2D eigenvalue weighted by atomic mass is 9.74. The molecule has 0 radical (unpaired) electrons. The summed E-state index contributed by atoms with van der Waals surface area (Å²) in [5, 5.41) is 41.1. The molecule has 0 aliphatic carbocycles. The van der Waals surface area contributed by atoms with Gasteiger partial charge in [-0.25, -0.2) is 0 Å². The number of nitrogens with one attached hydrogen (secondary N) is 1. The third-order valence-corrected chi connectivity index (χ3v) is 22.8. The molecule has 0 unspecified atom stereocenters. The van der Waals surface area contributed by atoms with E-state index in [1.165, 1.54) is 39.8 Å². The number of aryl methyl sites for hydroxylation is 3. The molecule has 5 N–H and O–H groups in total. The van der Waals surface area contributed by atoms with Crippen LogP contribution in [-0.4, -0.2) is 158 Å². The number of halogens is 14. The number of benzene rings is 6. The summed E-state index contributed by atoms with van der Waals surface area (Å²) < 4.78 is 157. The number of allylic oxidation sites excluding steroid dienone is 2. The minimum atomic E-state index is -4.38. The molecule has 1 saturated heterocycles. The summed E-state index contributed by atoms with van der Waals surface area (Å²) in [5.41, 5.74) is 15.6. The van der Waals surface area contributed by atoms with Crippen LogP contribution < -0.4 is 11.2 Å². The predicted octanol–water partition coefficient (Wildman–Crippen LogP) is 20.4. The molecule has 133 heavy (non-hydrogen) atoms. The Labute approximate surface area is 806 Å². The van der Waals surface area contributed by atoms with Crippen LogP contribution in [0.2, 0.25) is 0 Å². The number of aromatic amines is 1. The van der Waals surface area contributed by atoms with Crippen molar-refractivity contribution in [2.24, 2.45) is 10.7 Å². The van der Waals surface area contributed by atoms with Gasteiger partial charge in [0, 0.05) is 46.8 Å². The third-order valence-electron chi connectivity index (χ3n) is 19.2. The van der Waals surface area contributed by atoms with E-state index in [4.69, 9.17) is 34.7 Å². The van der Waals surface area contributed by atoms with E-state index in [2.05, 4.69) is 125 Å². The number of aromatic nitrogens is 10. The summed E-state index contributed by atoms with van der Waals surface area (Å²) in [7, 11) is -0.540. The Morgan fingerprint density at radius 1 is 0.504 bits per heavy atom. The molecule has 6 heterocycles. The van der Waals surface area contributed by atoms with Gasteiger partial charge in [0.1, 0.15) is 38.1 Å². The lowest BCUT2D eigenvalue weighted by molar-refractivity contribution is -0.145. The fraction of sp³-hybridized carbons (Fsp3) is 0.348. The maximum absolute atomic E-state index is 13.0. The van der Waals surface area contributed by atoms with E-state index in [1.54, 1.807) is 107 Å². The highest BCUT2D eigenvalue weighted by Gasteiger charge is 2.52. The van der Waals surface area contributed by atoms with E-state index in [0.717, 1.165) is 105 Å². The van der Waals surface area contributed by atoms with Crippen LogP contribution in [0.25, 0.3) is 22.3 Å². The minimum Gasteiger partial charge on any atom is -0.480 e. The van der Waals surface area contributed by atoms with Gasteiger partial charge in [-0.3, -0.25) is 57.6 Å². The number of aliphatic carboxylic acids is 2. The molecule has 26 nitrogen and oxygen atoms in total. The fourth-order valence-corrected chi connectivity index (χ4v) is 13.0. The summed E-state index contributed by atoms with van der Waals surface area (Å²) in [4.78, 5) is 68.7. The van der Waals surface area contributed by atoms with Gasteiger partial charge in [0.25, 0.3) is 0 Å². The molecule has 716 valence electrons. The first-order valence-electron chi connectivity index (χ1n) is 40.9. The zero-order valence-corrected chi connectivity index (χ0v) is 83.2. The summed E-state index contributed by atoms with van der Waals surface area (Å²) >= 11 is 16.0. The number of hydrogen-bond donors (Lipinski definition) is 4. The van der Waals surface area contributed by atoms with Crippen molar-refractivity contribution in [3.63, 3.8) is 0 Å². The number of H-pyrrole nitrogens is 1. The highest BCUT2D eigenvalue weighted by Crippen LogP contribution is 2.39. The second kappa shape index (κ2) is 53.9. The molecule has 1 aliphatic heterocycles. The number of ether oxygens (including phenoxy) is 4. The normalized spacial score (nSPS) is 12.6. The number of carboxylic acids is 2. The van der Waals surface area contributed by atoms with E-state index in [-0.39, 0.29) is 56.6 Å². The monoisotopic (exact) mass is 2180 g/mol. The molecule has 41 heteroatoms. The van der Waals surface area contributed by atoms with Gasteiger partial charge in [-0.15, -0.1) is 0 Å². The van der Waals surface area contributed by atoms with Crippen molar-refractivity contribution in [3.8, 4) is 22.3 Å². The van der Waals surface area contributed by atoms with E-state index in [9.17, 15) is 68.3 Å². The predicted molar refractivity (Wildman–Crippen MR) is 505 cm³/mol. The Bertz CT molecular complexity index is 5560. The van der Waals surface area contributed by atoms with Crippen molar-refractivity contribution < 1.29 is 107 Å². The van der Waals surface area contributed by atoms with E-state index in [1.807, 2.05) is 121 Å². The van der Waals surface area contributed by atoms with Gasteiger partial charge in [0.05, 0.1) is 108 Å². The van der Waals surface area contributed by atoms with E-state index < -0.39 is 65.5 Å². The van der Waals surface area contributed by atoms with Crippen molar-refractivity contribution in [2.75, 3.05) is 38.3 Å². The number of carbonyl (C=O) groups excluding carboxylic acids is 4. The van der Waals surface area contributed by atoms with Crippen molar-refractivity contribution in [1.82, 2.24) is 49.3 Å². The van der Waals surface area contributed by atoms with E-state index in [0.29, 0.717) is 89.3 Å². The largest absolute Gasteiger partial charge is 0.495 e. The van der Waals surface area contributed by atoms with Gasteiger partial charge >= 0.3 is 61.5 Å². The smallest absolute Gasteiger partial charge is 0.480 e. The molecule has 5 aromatic heterocycles. The van der Waals surface area contributed by atoms with Crippen LogP contribution in [-0.2, 0) is 121 Å². The highest BCUT2D eigenvalue weighted by atomic mass is 79.9. The number of carbonyl (C=O) groups is 6. The molecule has 0 saturated carbocycles. The number of rotatable bonds is 25. The average Bonchev–Trinajstić information content (AvgIpc) is 1.62. The SMILES string of the molecule is CC1(C)OB(c2ccccc2Cc2cccc(C(F)(F)F)c2)OC1(C)C.CCOC(=O)CBr.CCOC(=O)CN=CC(Br)=C(C)N.CCOC(=O)Cn1cc(Br)c(C)n1.CCOC(=O)Cn1ncc(Br)c1C.Cc1[nH]ncc1Br.Cc1c(-c2ccccc2Cc2cccc(C(F)(F)F)c2)cnn1CC(=O)O.Cc1nn(CC(=O)O)cc1-c1ccccc1Cc1cccc(C(F)(F)F)c1. The Balaban J connectivity index is 0.000000281. The van der Waals surface area contributed by atoms with Crippen LogP contribution in [0.3, 0.4) is 0 Å². The van der Waals surface area contributed by atoms with Crippen LogP contribution in [0, 0.1) is 34.6 Å². The molecule has 11 aromatic rings. The van der Waals surface area contributed by atoms with Crippen molar-refractivity contribution in [3.05, 3.63) is 279 Å². The van der Waals surface area contributed by atoms with Gasteiger partial charge in [-0.05, 0) is 248 Å². The number of aliphatic imine (C=N–C) groups is 1. The second-order valence-electron chi connectivity index (χ2n) is 29.8. The minimum absolute atomic E-state index is 0.0240. The molecule has 0 atom stereocenters. The number of hydrogen-bond acceptors (Lipinski definition) is 19. The molecule has 6 aromatic carbocycles. The first-order chi connectivity index (χ1) is 62.4. The van der Waals surface area contributed by atoms with Gasteiger partial charge < -0.3 is 44.2 Å². The molecular formula is C92H103BBr5F9N12O14. The van der Waals surface area contributed by atoms with Gasteiger partial charge in [-0.2, -0.15) is 65.0 Å². The van der Waals surface area contributed by atoms with Crippen LogP contribution >= 0.6 is 79.6 Å². The van der Waals surface area contributed by atoms with Crippen molar-refractivity contribution in [2.45, 2.75) is 172 Å². The van der Waals surface area contributed by atoms with Crippen LogP contribution in [0.4, 0.5) is 39.5 Å². The first kappa shape index (κ1) is 113. The van der Waals surface area contributed by atoms with Crippen LogP contribution in [0.5, 0.6) is 0 Å². The molecule has 0 amide bonds. The summed E-state index contributed by atoms with van der Waals surface area (Å²) in [6.45, 7) is 27.5. The molecule has 12 rings (SSSR count). The average molecular weight is 2180 g/mol. The number of nitrogens with two attached hydrogens (primary N) is 1.